The lowest BCUT2D eigenvalue weighted by molar-refractivity contribution is -0.127. The Bertz CT molecular complexity index is 409. The Morgan fingerprint density at radius 2 is 2.35 bits per heavy atom. The van der Waals surface area contributed by atoms with Gasteiger partial charge in [0.15, 0.2) is 0 Å². The van der Waals surface area contributed by atoms with Gasteiger partial charge in [-0.05, 0) is 31.2 Å². The van der Waals surface area contributed by atoms with Crippen LogP contribution in [-0.2, 0) is 9.53 Å². The molecule has 1 aliphatic heterocycles. The number of nitrogens with zero attached hydrogens (tertiary/aromatic N) is 1. The molecule has 0 spiro atoms. The zero-order valence-corrected chi connectivity index (χ0v) is 9.43. The highest BCUT2D eigenvalue weighted by Crippen LogP contribution is 2.22. The fraction of sp³-hybridized carbons (Fsp3) is 0.417. The van der Waals surface area contributed by atoms with Gasteiger partial charge in [0, 0.05) is 5.69 Å². The number of benzene rings is 1. The summed E-state index contributed by atoms with van der Waals surface area (Å²) >= 11 is 0. The van der Waals surface area contributed by atoms with Crippen molar-refractivity contribution in [1.29, 1.82) is 0 Å². The molecule has 0 aliphatic carbocycles. The van der Waals surface area contributed by atoms with Crippen molar-refractivity contribution in [3.8, 4) is 0 Å². The maximum atomic E-state index is 13.2. The van der Waals surface area contributed by atoms with Crippen LogP contribution in [0.1, 0.15) is 6.42 Å². The third kappa shape index (κ3) is 2.62. The number of morpholine rings is 1. The van der Waals surface area contributed by atoms with Crippen molar-refractivity contribution in [2.24, 2.45) is 5.73 Å². The van der Waals surface area contributed by atoms with Gasteiger partial charge in [0.05, 0.1) is 12.6 Å². The molecular formula is C12H15FN2O2. The van der Waals surface area contributed by atoms with E-state index in [0.717, 1.165) is 0 Å². The molecule has 0 bridgehead atoms. The zero-order valence-electron chi connectivity index (χ0n) is 9.43. The molecule has 1 fully saturated rings. The molecule has 1 saturated heterocycles. The highest BCUT2D eigenvalue weighted by atomic mass is 19.1. The van der Waals surface area contributed by atoms with Crippen LogP contribution in [0, 0.1) is 5.82 Å². The van der Waals surface area contributed by atoms with Crippen LogP contribution in [0.5, 0.6) is 0 Å². The molecule has 17 heavy (non-hydrogen) atoms. The number of rotatable bonds is 3. The van der Waals surface area contributed by atoms with Crippen LogP contribution in [-0.4, -0.2) is 31.7 Å². The van der Waals surface area contributed by atoms with Gasteiger partial charge in [0.1, 0.15) is 12.4 Å². The summed E-state index contributed by atoms with van der Waals surface area (Å²) < 4.78 is 18.4. The molecule has 1 aliphatic rings. The van der Waals surface area contributed by atoms with E-state index in [-0.39, 0.29) is 24.4 Å². The number of hydrogen-bond acceptors (Lipinski definition) is 3. The summed E-state index contributed by atoms with van der Waals surface area (Å²) in [4.78, 5) is 13.4. The molecule has 1 aromatic rings. The molecule has 0 saturated carbocycles. The van der Waals surface area contributed by atoms with Gasteiger partial charge in [-0.3, -0.25) is 4.79 Å². The zero-order chi connectivity index (χ0) is 12.3. The SMILES string of the molecule is NCCC1COCC(=O)N1c1cccc(F)c1. The smallest absolute Gasteiger partial charge is 0.253 e. The summed E-state index contributed by atoms with van der Waals surface area (Å²) in [5.41, 5.74) is 6.07. The summed E-state index contributed by atoms with van der Waals surface area (Å²) in [6.45, 7) is 0.949. The molecule has 1 heterocycles. The minimum Gasteiger partial charge on any atom is -0.369 e. The minimum absolute atomic E-state index is 0.0393. The molecule has 1 unspecified atom stereocenters. The standard InChI is InChI=1S/C12H15FN2O2/c13-9-2-1-3-10(6-9)15-11(4-5-14)7-17-8-12(15)16/h1-3,6,11H,4-5,7-8,14H2. The van der Waals surface area contributed by atoms with E-state index in [1.807, 2.05) is 0 Å². The quantitative estimate of drug-likeness (QED) is 0.851. The molecule has 1 amide bonds. The maximum absolute atomic E-state index is 13.2. The van der Waals surface area contributed by atoms with Crippen LogP contribution >= 0.6 is 0 Å². The molecule has 92 valence electrons. The lowest BCUT2D eigenvalue weighted by atomic mass is 10.1. The molecular weight excluding hydrogens is 223 g/mol. The first-order valence-corrected chi connectivity index (χ1v) is 5.58. The third-order valence-corrected chi connectivity index (χ3v) is 2.76. The Kier molecular flexibility index (Phi) is 3.71. The monoisotopic (exact) mass is 238 g/mol. The second kappa shape index (κ2) is 5.25. The van der Waals surface area contributed by atoms with E-state index in [1.165, 1.54) is 12.1 Å². The van der Waals surface area contributed by atoms with Gasteiger partial charge < -0.3 is 15.4 Å². The van der Waals surface area contributed by atoms with Crippen LogP contribution in [0.15, 0.2) is 24.3 Å². The Morgan fingerprint density at radius 1 is 1.53 bits per heavy atom. The Morgan fingerprint density at radius 3 is 3.06 bits per heavy atom. The van der Waals surface area contributed by atoms with Gasteiger partial charge in [0.25, 0.3) is 5.91 Å². The second-order valence-electron chi connectivity index (χ2n) is 3.99. The average Bonchev–Trinajstić information content (AvgIpc) is 2.29. The second-order valence-corrected chi connectivity index (χ2v) is 3.99. The van der Waals surface area contributed by atoms with Gasteiger partial charge in [-0.25, -0.2) is 4.39 Å². The molecule has 0 radical (unpaired) electrons. The fourth-order valence-electron chi connectivity index (χ4n) is 2.02. The van der Waals surface area contributed by atoms with Gasteiger partial charge in [-0.1, -0.05) is 6.07 Å². The van der Waals surface area contributed by atoms with E-state index in [9.17, 15) is 9.18 Å². The Balaban J connectivity index is 2.27. The topological polar surface area (TPSA) is 55.6 Å². The van der Waals surface area contributed by atoms with Crippen molar-refractivity contribution < 1.29 is 13.9 Å². The minimum atomic E-state index is -0.353. The first-order valence-electron chi connectivity index (χ1n) is 5.58. The number of amides is 1. The number of halogens is 1. The first-order chi connectivity index (χ1) is 8.22. The molecule has 1 aromatic carbocycles. The van der Waals surface area contributed by atoms with Crippen molar-refractivity contribution >= 4 is 11.6 Å². The average molecular weight is 238 g/mol. The summed E-state index contributed by atoms with van der Waals surface area (Å²) in [6.07, 6.45) is 0.641. The van der Waals surface area contributed by atoms with Crippen LogP contribution in [0.3, 0.4) is 0 Å². The largest absolute Gasteiger partial charge is 0.369 e. The number of nitrogens with two attached hydrogens (primary N) is 1. The summed E-state index contributed by atoms with van der Waals surface area (Å²) in [6, 6.07) is 5.91. The number of hydrogen-bond donors (Lipinski definition) is 1. The summed E-state index contributed by atoms with van der Waals surface area (Å²) in [5, 5.41) is 0. The normalized spacial score (nSPS) is 20.7. The lowest BCUT2D eigenvalue weighted by Crippen LogP contribution is -2.50. The predicted molar refractivity (Wildman–Crippen MR) is 62.2 cm³/mol. The summed E-state index contributed by atoms with van der Waals surface area (Å²) in [7, 11) is 0. The van der Waals surface area contributed by atoms with E-state index >= 15 is 0 Å². The molecule has 1 atom stereocenters. The van der Waals surface area contributed by atoms with Gasteiger partial charge in [-0.15, -0.1) is 0 Å². The number of ether oxygens (including phenoxy) is 1. The molecule has 0 aromatic heterocycles. The van der Waals surface area contributed by atoms with Crippen LogP contribution in [0.4, 0.5) is 10.1 Å². The molecule has 4 nitrogen and oxygen atoms in total. The van der Waals surface area contributed by atoms with Crippen LogP contribution < -0.4 is 10.6 Å². The van der Waals surface area contributed by atoms with Crippen molar-refractivity contribution in [1.82, 2.24) is 0 Å². The highest BCUT2D eigenvalue weighted by molar-refractivity contribution is 5.95. The predicted octanol–water partition coefficient (Wildman–Crippen LogP) is 0.906. The van der Waals surface area contributed by atoms with E-state index in [1.54, 1.807) is 17.0 Å². The molecule has 5 heteroatoms. The van der Waals surface area contributed by atoms with Gasteiger partial charge in [0.2, 0.25) is 0 Å². The molecule has 2 rings (SSSR count). The third-order valence-electron chi connectivity index (χ3n) is 2.76. The number of anilines is 1. The molecule has 2 N–H and O–H groups in total. The van der Waals surface area contributed by atoms with Gasteiger partial charge in [-0.2, -0.15) is 0 Å². The van der Waals surface area contributed by atoms with Gasteiger partial charge >= 0.3 is 0 Å². The lowest BCUT2D eigenvalue weighted by Gasteiger charge is -2.35. The van der Waals surface area contributed by atoms with Crippen molar-refractivity contribution in [2.45, 2.75) is 12.5 Å². The van der Waals surface area contributed by atoms with E-state index < -0.39 is 0 Å². The Hall–Kier alpha value is -1.46. The van der Waals surface area contributed by atoms with Crippen LogP contribution in [0.2, 0.25) is 0 Å². The van der Waals surface area contributed by atoms with Crippen molar-refractivity contribution in [2.75, 3.05) is 24.7 Å². The van der Waals surface area contributed by atoms with E-state index in [0.29, 0.717) is 25.3 Å². The number of carbonyl (C=O) groups is 1. The fourth-order valence-corrected chi connectivity index (χ4v) is 2.02. The van der Waals surface area contributed by atoms with Crippen molar-refractivity contribution in [3.05, 3.63) is 30.1 Å². The van der Waals surface area contributed by atoms with Crippen LogP contribution in [0.25, 0.3) is 0 Å². The maximum Gasteiger partial charge on any atom is 0.253 e. The van der Waals surface area contributed by atoms with E-state index in [4.69, 9.17) is 10.5 Å². The highest BCUT2D eigenvalue weighted by Gasteiger charge is 2.29. The van der Waals surface area contributed by atoms with E-state index in [2.05, 4.69) is 0 Å². The van der Waals surface area contributed by atoms with Crippen molar-refractivity contribution in [3.63, 3.8) is 0 Å². The first kappa shape index (κ1) is 12.0. The summed E-state index contributed by atoms with van der Waals surface area (Å²) in [5.74, 6) is -0.506. The Labute approximate surface area is 99.2 Å². The number of carbonyl (C=O) groups excluding carboxylic acids is 1.